The molecule has 17 heavy (non-hydrogen) atoms. The number of benzene rings is 1. The Morgan fingerprint density at radius 2 is 2.18 bits per heavy atom. The Kier molecular flexibility index (Phi) is 6.23. The summed E-state index contributed by atoms with van der Waals surface area (Å²) in [6.45, 7) is 4.55. The molecule has 1 aromatic rings. The fourth-order valence-electron chi connectivity index (χ4n) is 1.50. The molecule has 1 rings (SSSR count). The van der Waals surface area contributed by atoms with Gasteiger partial charge in [0.05, 0.1) is 5.56 Å². The van der Waals surface area contributed by atoms with Gasteiger partial charge in [-0.05, 0) is 70.6 Å². The summed E-state index contributed by atoms with van der Waals surface area (Å²) in [7, 11) is 0. The van der Waals surface area contributed by atoms with E-state index in [4.69, 9.17) is 11.6 Å². The molecule has 0 radical (unpaired) electrons. The highest BCUT2D eigenvalue weighted by atomic mass is 127. The third-order valence-corrected chi connectivity index (χ3v) is 3.90. The van der Waals surface area contributed by atoms with Crippen LogP contribution in [0.4, 0.5) is 0 Å². The zero-order valence-electron chi connectivity index (χ0n) is 9.71. The van der Waals surface area contributed by atoms with Crippen LogP contribution < -0.4 is 0 Å². The maximum atomic E-state index is 12.4. The second-order valence-electron chi connectivity index (χ2n) is 3.91. The maximum Gasteiger partial charge on any atom is 0.255 e. The minimum absolute atomic E-state index is 0.0195. The molecule has 0 aliphatic rings. The fourth-order valence-corrected chi connectivity index (χ4v) is 2.59. The molecular formula is C12H14BrClINO. The van der Waals surface area contributed by atoms with E-state index in [9.17, 15) is 4.79 Å². The van der Waals surface area contributed by atoms with Gasteiger partial charge < -0.3 is 4.90 Å². The molecule has 1 amide bonds. The highest BCUT2D eigenvalue weighted by Gasteiger charge is 2.20. The number of carbonyl (C=O) groups excluding carboxylic acids is 1. The number of rotatable bonds is 4. The number of amides is 1. The van der Waals surface area contributed by atoms with E-state index in [0.717, 1.165) is 8.04 Å². The molecule has 0 heterocycles. The quantitative estimate of drug-likeness (QED) is 0.519. The van der Waals surface area contributed by atoms with Crippen LogP contribution in [-0.4, -0.2) is 29.3 Å². The Hall–Kier alpha value is 0.190. The largest absolute Gasteiger partial charge is 0.335 e. The number of nitrogens with zero attached hydrogens (tertiary/aromatic N) is 1. The molecule has 0 unspecified atom stereocenters. The van der Waals surface area contributed by atoms with Crippen LogP contribution in [0, 0.1) is 3.57 Å². The van der Waals surface area contributed by atoms with Crippen molar-refractivity contribution >= 4 is 56.0 Å². The van der Waals surface area contributed by atoms with E-state index in [-0.39, 0.29) is 11.9 Å². The average molecular weight is 431 g/mol. The molecule has 1 aromatic carbocycles. The Balaban J connectivity index is 3.04. The SMILES string of the molecule is CC(C)N(CCCl)C(=O)c1cc(I)ccc1Br. The fraction of sp³-hybridized carbons (Fsp3) is 0.417. The van der Waals surface area contributed by atoms with Crippen molar-refractivity contribution in [3.05, 3.63) is 31.8 Å². The van der Waals surface area contributed by atoms with Crippen molar-refractivity contribution in [2.24, 2.45) is 0 Å². The summed E-state index contributed by atoms with van der Waals surface area (Å²) in [5.41, 5.74) is 0.690. The van der Waals surface area contributed by atoms with Gasteiger partial charge >= 0.3 is 0 Å². The lowest BCUT2D eigenvalue weighted by Gasteiger charge is -2.26. The van der Waals surface area contributed by atoms with Crippen molar-refractivity contribution in [2.45, 2.75) is 19.9 Å². The van der Waals surface area contributed by atoms with E-state index < -0.39 is 0 Å². The Morgan fingerprint density at radius 3 is 2.71 bits per heavy atom. The molecule has 0 aromatic heterocycles. The van der Waals surface area contributed by atoms with E-state index in [0.29, 0.717) is 18.0 Å². The lowest BCUT2D eigenvalue weighted by atomic mass is 10.2. The third-order valence-electron chi connectivity index (χ3n) is 2.37. The minimum atomic E-state index is 0.0195. The first-order valence-electron chi connectivity index (χ1n) is 5.29. The zero-order chi connectivity index (χ0) is 13.0. The first-order chi connectivity index (χ1) is 7.97. The molecule has 5 heteroatoms. The smallest absolute Gasteiger partial charge is 0.255 e. The number of halogens is 3. The predicted octanol–water partition coefficient (Wildman–Crippen LogP) is 4.14. The average Bonchev–Trinajstić information content (AvgIpc) is 2.28. The summed E-state index contributed by atoms with van der Waals surface area (Å²) in [5.74, 6) is 0.469. The molecule has 0 spiro atoms. The van der Waals surface area contributed by atoms with Crippen molar-refractivity contribution in [3.63, 3.8) is 0 Å². The van der Waals surface area contributed by atoms with Gasteiger partial charge in [-0.25, -0.2) is 0 Å². The highest BCUT2D eigenvalue weighted by Crippen LogP contribution is 2.22. The molecule has 0 saturated carbocycles. The monoisotopic (exact) mass is 429 g/mol. The molecule has 0 fully saturated rings. The molecule has 0 atom stereocenters. The van der Waals surface area contributed by atoms with Crippen LogP contribution >= 0.6 is 50.1 Å². The van der Waals surface area contributed by atoms with Gasteiger partial charge in [0.25, 0.3) is 5.91 Å². The summed E-state index contributed by atoms with van der Waals surface area (Å²) < 4.78 is 1.87. The molecule has 94 valence electrons. The number of hydrogen-bond donors (Lipinski definition) is 0. The zero-order valence-corrected chi connectivity index (χ0v) is 14.2. The van der Waals surface area contributed by atoms with E-state index in [1.165, 1.54) is 0 Å². The molecule has 0 N–H and O–H groups in total. The summed E-state index contributed by atoms with van der Waals surface area (Å²) in [6, 6.07) is 5.89. The van der Waals surface area contributed by atoms with Crippen LogP contribution in [0.15, 0.2) is 22.7 Å². The molecule has 0 saturated heterocycles. The van der Waals surface area contributed by atoms with Crippen LogP contribution in [0.25, 0.3) is 0 Å². The summed E-state index contributed by atoms with van der Waals surface area (Å²) in [5, 5.41) is 0. The normalized spacial score (nSPS) is 10.7. The number of carbonyl (C=O) groups is 1. The number of hydrogen-bond acceptors (Lipinski definition) is 1. The molecule has 0 aliphatic heterocycles. The van der Waals surface area contributed by atoms with Crippen molar-refractivity contribution < 1.29 is 4.79 Å². The second kappa shape index (κ2) is 6.95. The second-order valence-corrected chi connectivity index (χ2v) is 6.38. The van der Waals surface area contributed by atoms with Gasteiger partial charge in [0, 0.05) is 26.5 Å². The Bertz CT molecular complexity index is 411. The standard InChI is InChI=1S/C12H14BrClINO/c1-8(2)16(6-5-14)12(17)10-7-9(15)3-4-11(10)13/h3-4,7-8H,5-6H2,1-2H3. The first-order valence-corrected chi connectivity index (χ1v) is 7.70. The molecule has 0 aliphatic carbocycles. The van der Waals surface area contributed by atoms with E-state index in [1.807, 2.05) is 32.0 Å². The van der Waals surface area contributed by atoms with Crippen LogP contribution in [0.3, 0.4) is 0 Å². The molecular weight excluding hydrogens is 416 g/mol. The van der Waals surface area contributed by atoms with Crippen LogP contribution in [0.2, 0.25) is 0 Å². The van der Waals surface area contributed by atoms with Gasteiger partial charge in [-0.3, -0.25) is 4.79 Å². The van der Waals surface area contributed by atoms with Gasteiger partial charge in [-0.1, -0.05) is 0 Å². The van der Waals surface area contributed by atoms with E-state index >= 15 is 0 Å². The maximum absolute atomic E-state index is 12.4. The van der Waals surface area contributed by atoms with E-state index in [2.05, 4.69) is 38.5 Å². The van der Waals surface area contributed by atoms with Gasteiger partial charge in [-0.15, -0.1) is 11.6 Å². The van der Waals surface area contributed by atoms with Crippen molar-refractivity contribution in [1.82, 2.24) is 4.90 Å². The Morgan fingerprint density at radius 1 is 1.53 bits per heavy atom. The lowest BCUT2D eigenvalue weighted by Crippen LogP contribution is -2.38. The van der Waals surface area contributed by atoms with E-state index in [1.54, 1.807) is 4.90 Å². The first kappa shape index (κ1) is 15.2. The Labute approximate surface area is 129 Å². The topological polar surface area (TPSA) is 20.3 Å². The summed E-state index contributed by atoms with van der Waals surface area (Å²) in [6.07, 6.45) is 0. The minimum Gasteiger partial charge on any atom is -0.335 e. The van der Waals surface area contributed by atoms with Crippen molar-refractivity contribution in [2.75, 3.05) is 12.4 Å². The van der Waals surface area contributed by atoms with Gasteiger partial charge in [0.2, 0.25) is 0 Å². The van der Waals surface area contributed by atoms with Gasteiger partial charge in [0.1, 0.15) is 0 Å². The van der Waals surface area contributed by atoms with Gasteiger partial charge in [-0.2, -0.15) is 0 Å². The van der Waals surface area contributed by atoms with Gasteiger partial charge in [0.15, 0.2) is 0 Å². The summed E-state index contributed by atoms with van der Waals surface area (Å²) in [4.78, 5) is 14.2. The predicted molar refractivity (Wildman–Crippen MR) is 83.8 cm³/mol. The van der Waals surface area contributed by atoms with Crippen LogP contribution in [-0.2, 0) is 0 Å². The highest BCUT2D eigenvalue weighted by molar-refractivity contribution is 14.1. The molecule has 0 bridgehead atoms. The lowest BCUT2D eigenvalue weighted by molar-refractivity contribution is 0.0717. The number of alkyl halides is 1. The molecule has 2 nitrogen and oxygen atoms in total. The van der Waals surface area contributed by atoms with Crippen molar-refractivity contribution in [1.29, 1.82) is 0 Å². The summed E-state index contributed by atoms with van der Waals surface area (Å²) >= 11 is 11.4. The van der Waals surface area contributed by atoms with Crippen LogP contribution in [0.1, 0.15) is 24.2 Å². The third kappa shape index (κ3) is 4.10. The van der Waals surface area contributed by atoms with Crippen molar-refractivity contribution in [3.8, 4) is 0 Å². The van der Waals surface area contributed by atoms with Crippen LogP contribution in [0.5, 0.6) is 0 Å².